The lowest BCUT2D eigenvalue weighted by atomic mass is 10.1. The van der Waals surface area contributed by atoms with Gasteiger partial charge in [0.1, 0.15) is 5.82 Å². The molecule has 1 aliphatic heterocycles. The average molecular weight is 285 g/mol. The van der Waals surface area contributed by atoms with Crippen molar-refractivity contribution in [2.24, 2.45) is 0 Å². The van der Waals surface area contributed by atoms with Crippen molar-refractivity contribution in [2.45, 2.75) is 19.8 Å². The summed E-state index contributed by atoms with van der Waals surface area (Å²) < 4.78 is 7.48. The van der Waals surface area contributed by atoms with Crippen LogP contribution in [0, 0.1) is 6.92 Å². The number of ether oxygens (including phenoxy) is 1. The third kappa shape index (κ3) is 3.71. The fraction of sp³-hybridized carbons (Fsp3) is 0.471. The van der Waals surface area contributed by atoms with Crippen LogP contribution in [0.1, 0.15) is 17.8 Å². The van der Waals surface area contributed by atoms with Crippen molar-refractivity contribution >= 4 is 0 Å². The maximum Gasteiger partial charge on any atom is 0.110 e. The van der Waals surface area contributed by atoms with Crippen LogP contribution in [0.2, 0.25) is 0 Å². The molecule has 0 saturated carbocycles. The Morgan fingerprint density at radius 1 is 1.14 bits per heavy atom. The monoisotopic (exact) mass is 285 g/mol. The fourth-order valence-electron chi connectivity index (χ4n) is 2.81. The van der Waals surface area contributed by atoms with E-state index < -0.39 is 0 Å². The lowest BCUT2D eigenvalue weighted by Crippen LogP contribution is -2.36. The molecule has 112 valence electrons. The zero-order valence-electron chi connectivity index (χ0n) is 12.7. The molecule has 1 saturated heterocycles. The molecule has 0 atom stereocenters. The summed E-state index contributed by atoms with van der Waals surface area (Å²) in [7, 11) is 0. The topological polar surface area (TPSA) is 30.3 Å². The van der Waals surface area contributed by atoms with Gasteiger partial charge in [-0.2, -0.15) is 0 Å². The summed E-state index contributed by atoms with van der Waals surface area (Å²) in [6.07, 6.45) is 6.19. The van der Waals surface area contributed by atoms with Crippen LogP contribution in [-0.4, -0.2) is 47.3 Å². The highest BCUT2D eigenvalue weighted by Crippen LogP contribution is 2.13. The maximum absolute atomic E-state index is 5.37. The van der Waals surface area contributed by atoms with Gasteiger partial charge in [0.2, 0.25) is 0 Å². The molecular weight excluding hydrogens is 262 g/mol. The minimum atomic E-state index is 0.888. The number of aromatic nitrogens is 2. The predicted octanol–water partition coefficient (Wildman–Crippen LogP) is 2.45. The van der Waals surface area contributed by atoms with Gasteiger partial charge in [-0.05, 0) is 44.0 Å². The van der Waals surface area contributed by atoms with Crippen molar-refractivity contribution in [3.05, 3.63) is 48.0 Å². The quantitative estimate of drug-likeness (QED) is 0.845. The van der Waals surface area contributed by atoms with Crippen molar-refractivity contribution in [2.75, 3.05) is 32.8 Å². The van der Waals surface area contributed by atoms with Crippen LogP contribution in [0.4, 0.5) is 0 Å². The second-order valence-electron chi connectivity index (χ2n) is 5.57. The summed E-state index contributed by atoms with van der Waals surface area (Å²) in [5.74, 6) is 1.02. The molecule has 4 nitrogen and oxygen atoms in total. The number of rotatable bonds is 5. The highest BCUT2D eigenvalue weighted by atomic mass is 16.5. The Bertz CT molecular complexity index is 556. The van der Waals surface area contributed by atoms with Gasteiger partial charge in [-0.3, -0.25) is 4.90 Å². The first-order chi connectivity index (χ1) is 10.3. The van der Waals surface area contributed by atoms with Crippen LogP contribution in [0.3, 0.4) is 0 Å². The first-order valence-corrected chi connectivity index (χ1v) is 7.72. The van der Waals surface area contributed by atoms with Crippen LogP contribution < -0.4 is 0 Å². The average Bonchev–Trinajstić information content (AvgIpc) is 2.95. The zero-order valence-corrected chi connectivity index (χ0v) is 12.7. The molecule has 2 aromatic rings. The molecule has 0 spiro atoms. The van der Waals surface area contributed by atoms with Crippen molar-refractivity contribution in [3.63, 3.8) is 0 Å². The highest BCUT2D eigenvalue weighted by molar-refractivity contribution is 5.35. The maximum atomic E-state index is 5.37. The van der Waals surface area contributed by atoms with Crippen LogP contribution in [0.15, 0.2) is 36.7 Å². The van der Waals surface area contributed by atoms with E-state index in [0.717, 1.165) is 38.5 Å². The Labute approximate surface area is 126 Å². The molecule has 0 bridgehead atoms. The van der Waals surface area contributed by atoms with E-state index in [1.807, 2.05) is 19.3 Å². The number of nitrogens with zero attached hydrogens (tertiary/aromatic N) is 3. The second-order valence-corrected chi connectivity index (χ2v) is 5.57. The minimum absolute atomic E-state index is 0.888. The van der Waals surface area contributed by atoms with Crippen molar-refractivity contribution in [3.8, 4) is 5.69 Å². The van der Waals surface area contributed by atoms with Gasteiger partial charge in [0.15, 0.2) is 0 Å². The van der Waals surface area contributed by atoms with Gasteiger partial charge in [-0.1, -0.05) is 12.1 Å². The standard InChI is InChI=1S/C17H23N3O/c1-15-18-8-10-20(15)17-6-4-16(5-7-17)3-2-9-19-11-13-21-14-12-19/h4-8,10H,2-3,9,11-14H2,1H3. The molecule has 1 aromatic carbocycles. The molecule has 1 aromatic heterocycles. The molecule has 3 rings (SSSR count). The van der Waals surface area contributed by atoms with Gasteiger partial charge in [0, 0.05) is 31.2 Å². The molecule has 0 aliphatic carbocycles. The Kier molecular flexibility index (Phi) is 4.68. The first-order valence-electron chi connectivity index (χ1n) is 7.72. The zero-order chi connectivity index (χ0) is 14.5. The SMILES string of the molecule is Cc1nccn1-c1ccc(CCCN2CCOCC2)cc1. The molecule has 1 aliphatic rings. The van der Waals surface area contributed by atoms with E-state index in [1.165, 1.54) is 24.2 Å². The van der Waals surface area contributed by atoms with E-state index in [9.17, 15) is 0 Å². The third-order valence-corrected chi connectivity index (χ3v) is 4.08. The molecule has 2 heterocycles. The highest BCUT2D eigenvalue weighted by Gasteiger charge is 2.09. The van der Waals surface area contributed by atoms with Crippen LogP contribution in [0.25, 0.3) is 5.69 Å². The van der Waals surface area contributed by atoms with Crippen molar-refractivity contribution in [1.82, 2.24) is 14.5 Å². The molecule has 0 N–H and O–H groups in total. The van der Waals surface area contributed by atoms with Gasteiger partial charge < -0.3 is 9.30 Å². The summed E-state index contributed by atoms with van der Waals surface area (Å²) >= 11 is 0. The van der Waals surface area contributed by atoms with Crippen LogP contribution >= 0.6 is 0 Å². The smallest absolute Gasteiger partial charge is 0.110 e. The molecular formula is C17H23N3O. The summed E-state index contributed by atoms with van der Waals surface area (Å²) in [5, 5.41) is 0. The lowest BCUT2D eigenvalue weighted by Gasteiger charge is -2.26. The van der Waals surface area contributed by atoms with Crippen molar-refractivity contribution < 1.29 is 4.74 Å². The largest absolute Gasteiger partial charge is 0.379 e. The van der Waals surface area contributed by atoms with E-state index in [2.05, 4.69) is 38.7 Å². The van der Waals surface area contributed by atoms with Gasteiger partial charge in [-0.15, -0.1) is 0 Å². The third-order valence-electron chi connectivity index (χ3n) is 4.08. The van der Waals surface area contributed by atoms with Gasteiger partial charge in [0.05, 0.1) is 13.2 Å². The van der Waals surface area contributed by atoms with Crippen LogP contribution in [0.5, 0.6) is 0 Å². The normalized spacial score (nSPS) is 16.2. The number of hydrogen-bond acceptors (Lipinski definition) is 3. The first kappa shape index (κ1) is 14.3. The molecule has 1 fully saturated rings. The lowest BCUT2D eigenvalue weighted by molar-refractivity contribution is 0.0375. The second kappa shape index (κ2) is 6.87. The molecule has 0 radical (unpaired) electrons. The number of benzene rings is 1. The molecule has 21 heavy (non-hydrogen) atoms. The number of hydrogen-bond donors (Lipinski definition) is 0. The van der Waals surface area contributed by atoms with E-state index in [1.54, 1.807) is 0 Å². The van der Waals surface area contributed by atoms with E-state index >= 15 is 0 Å². The minimum Gasteiger partial charge on any atom is -0.379 e. The van der Waals surface area contributed by atoms with E-state index in [0.29, 0.717) is 0 Å². The summed E-state index contributed by atoms with van der Waals surface area (Å²) in [4.78, 5) is 6.76. The van der Waals surface area contributed by atoms with Gasteiger partial charge in [0.25, 0.3) is 0 Å². The molecule has 0 amide bonds. The summed E-state index contributed by atoms with van der Waals surface area (Å²) in [5.41, 5.74) is 2.59. The summed E-state index contributed by atoms with van der Waals surface area (Å²) in [6.45, 7) is 7.14. The van der Waals surface area contributed by atoms with Gasteiger partial charge >= 0.3 is 0 Å². The van der Waals surface area contributed by atoms with Crippen LogP contribution in [-0.2, 0) is 11.2 Å². The van der Waals surface area contributed by atoms with E-state index in [-0.39, 0.29) is 0 Å². The Balaban J connectivity index is 1.51. The Morgan fingerprint density at radius 2 is 1.90 bits per heavy atom. The number of morpholine rings is 1. The Hall–Kier alpha value is -1.65. The Morgan fingerprint density at radius 3 is 2.57 bits per heavy atom. The summed E-state index contributed by atoms with van der Waals surface area (Å²) in [6, 6.07) is 8.82. The number of aryl methyl sites for hydroxylation is 2. The van der Waals surface area contributed by atoms with Gasteiger partial charge in [-0.25, -0.2) is 4.98 Å². The molecule has 4 heteroatoms. The van der Waals surface area contributed by atoms with Crippen molar-refractivity contribution in [1.29, 1.82) is 0 Å². The van der Waals surface area contributed by atoms with E-state index in [4.69, 9.17) is 4.74 Å². The molecule has 0 unspecified atom stereocenters. The predicted molar refractivity (Wildman–Crippen MR) is 83.9 cm³/mol. The fourth-order valence-corrected chi connectivity index (χ4v) is 2.81. The number of imidazole rings is 1.